The first-order valence-electron chi connectivity index (χ1n) is 10.5. The summed E-state index contributed by atoms with van der Waals surface area (Å²) in [6.45, 7) is 0. The molecule has 3 heterocycles. The van der Waals surface area contributed by atoms with Crippen molar-refractivity contribution in [2.24, 2.45) is 0 Å². The summed E-state index contributed by atoms with van der Waals surface area (Å²) in [5, 5.41) is 12.1. The third-order valence-electron chi connectivity index (χ3n) is 4.78. The Morgan fingerprint density at radius 2 is 1.59 bits per heavy atom. The van der Waals surface area contributed by atoms with Gasteiger partial charge in [0.1, 0.15) is 17.2 Å². The number of benzene rings is 2. The van der Waals surface area contributed by atoms with E-state index in [1.165, 1.54) is 11.8 Å². The van der Waals surface area contributed by atoms with Crippen molar-refractivity contribution in [2.45, 2.75) is 5.16 Å². The number of anilines is 1. The van der Waals surface area contributed by atoms with Gasteiger partial charge in [-0.3, -0.25) is 14.5 Å². The SMILES string of the molecule is O=C(CSc1nnc(-c2ccccn2)n1-n1cccc1)Nc1ccc(Oc2ccccc2)cc1. The number of aromatic nitrogens is 5. The molecular weight excluding hydrogens is 448 g/mol. The summed E-state index contributed by atoms with van der Waals surface area (Å²) < 4.78 is 9.48. The quantitative estimate of drug-likeness (QED) is 0.323. The van der Waals surface area contributed by atoms with E-state index in [0.29, 0.717) is 28.1 Å². The second-order valence-electron chi connectivity index (χ2n) is 7.17. The molecule has 9 heteroatoms. The zero-order valence-electron chi connectivity index (χ0n) is 18.0. The number of carbonyl (C=O) groups is 1. The van der Waals surface area contributed by atoms with E-state index in [4.69, 9.17) is 4.74 Å². The van der Waals surface area contributed by atoms with Crippen LogP contribution in [0.3, 0.4) is 0 Å². The lowest BCUT2D eigenvalue weighted by atomic mass is 10.3. The van der Waals surface area contributed by atoms with Gasteiger partial charge in [0.2, 0.25) is 16.9 Å². The van der Waals surface area contributed by atoms with Crippen LogP contribution in [0.2, 0.25) is 0 Å². The number of ether oxygens (including phenoxy) is 1. The molecule has 8 nitrogen and oxygen atoms in total. The van der Waals surface area contributed by atoms with E-state index in [2.05, 4.69) is 20.5 Å². The maximum atomic E-state index is 12.6. The fourth-order valence-electron chi connectivity index (χ4n) is 3.24. The van der Waals surface area contributed by atoms with Crippen molar-refractivity contribution in [3.05, 3.63) is 104 Å². The van der Waals surface area contributed by atoms with Gasteiger partial charge in [-0.05, 0) is 60.7 Å². The Kier molecular flexibility index (Phi) is 6.35. The molecule has 0 aliphatic carbocycles. The van der Waals surface area contributed by atoms with Crippen LogP contribution in [0.1, 0.15) is 0 Å². The van der Waals surface area contributed by atoms with Crippen molar-refractivity contribution in [3.63, 3.8) is 0 Å². The number of nitrogens with one attached hydrogen (secondary N) is 1. The first-order chi connectivity index (χ1) is 16.8. The molecule has 5 rings (SSSR count). The minimum atomic E-state index is -0.150. The van der Waals surface area contributed by atoms with Crippen molar-refractivity contribution < 1.29 is 9.53 Å². The molecule has 1 N–H and O–H groups in total. The van der Waals surface area contributed by atoms with E-state index >= 15 is 0 Å². The molecule has 0 bridgehead atoms. The molecule has 0 saturated carbocycles. The Labute approximate surface area is 200 Å². The lowest BCUT2D eigenvalue weighted by Crippen LogP contribution is -2.16. The Bertz CT molecular complexity index is 1350. The lowest BCUT2D eigenvalue weighted by molar-refractivity contribution is -0.113. The van der Waals surface area contributed by atoms with Crippen LogP contribution in [-0.2, 0) is 4.79 Å². The number of amides is 1. The Morgan fingerprint density at radius 1 is 0.853 bits per heavy atom. The number of carbonyl (C=O) groups excluding carboxylic acids is 1. The van der Waals surface area contributed by atoms with Crippen molar-refractivity contribution in [1.29, 1.82) is 0 Å². The largest absolute Gasteiger partial charge is 0.457 e. The molecule has 0 aliphatic rings. The highest BCUT2D eigenvalue weighted by atomic mass is 32.2. The molecule has 0 spiro atoms. The molecule has 0 aliphatic heterocycles. The average molecular weight is 469 g/mol. The molecule has 3 aromatic heterocycles. The third-order valence-corrected chi connectivity index (χ3v) is 5.69. The van der Waals surface area contributed by atoms with Crippen LogP contribution in [0.15, 0.2) is 109 Å². The van der Waals surface area contributed by atoms with Crippen LogP contribution in [0, 0.1) is 0 Å². The van der Waals surface area contributed by atoms with Crippen LogP contribution >= 0.6 is 11.8 Å². The number of para-hydroxylation sites is 1. The predicted octanol–water partition coefficient (Wildman–Crippen LogP) is 4.98. The normalized spacial score (nSPS) is 10.7. The topological polar surface area (TPSA) is 86.9 Å². The number of thioether (sulfide) groups is 1. The van der Waals surface area contributed by atoms with Crippen LogP contribution in [0.5, 0.6) is 11.5 Å². The summed E-state index contributed by atoms with van der Waals surface area (Å²) in [4.78, 5) is 17.0. The van der Waals surface area contributed by atoms with Crippen LogP contribution in [-0.4, -0.2) is 36.2 Å². The van der Waals surface area contributed by atoms with Gasteiger partial charge in [0.25, 0.3) is 0 Å². The maximum absolute atomic E-state index is 12.6. The second kappa shape index (κ2) is 10.1. The van der Waals surface area contributed by atoms with Crippen molar-refractivity contribution in [3.8, 4) is 23.0 Å². The molecule has 5 aromatic rings. The maximum Gasteiger partial charge on any atom is 0.234 e. The Morgan fingerprint density at radius 3 is 2.32 bits per heavy atom. The van der Waals surface area contributed by atoms with E-state index in [-0.39, 0.29) is 11.7 Å². The first kappa shape index (κ1) is 21.5. The molecule has 1 amide bonds. The van der Waals surface area contributed by atoms with Crippen molar-refractivity contribution >= 4 is 23.4 Å². The predicted molar refractivity (Wildman–Crippen MR) is 131 cm³/mol. The van der Waals surface area contributed by atoms with Gasteiger partial charge in [-0.1, -0.05) is 36.0 Å². The average Bonchev–Trinajstić information content (AvgIpc) is 3.55. The molecule has 0 radical (unpaired) electrons. The third kappa shape index (κ3) is 5.00. The molecule has 0 unspecified atom stereocenters. The number of nitrogens with zero attached hydrogens (tertiary/aromatic N) is 5. The van der Waals surface area contributed by atoms with Gasteiger partial charge in [-0.25, -0.2) is 4.68 Å². The number of hydrogen-bond donors (Lipinski definition) is 1. The first-order valence-corrected chi connectivity index (χ1v) is 11.5. The van der Waals surface area contributed by atoms with E-state index < -0.39 is 0 Å². The highest BCUT2D eigenvalue weighted by Crippen LogP contribution is 2.25. The molecule has 34 heavy (non-hydrogen) atoms. The Hall–Kier alpha value is -4.37. The summed E-state index contributed by atoms with van der Waals surface area (Å²) in [7, 11) is 0. The fraction of sp³-hybridized carbons (Fsp3) is 0.0400. The number of pyridine rings is 1. The van der Waals surface area contributed by atoms with E-state index in [9.17, 15) is 4.79 Å². The van der Waals surface area contributed by atoms with Crippen molar-refractivity contribution in [1.82, 2.24) is 24.5 Å². The van der Waals surface area contributed by atoms with Gasteiger partial charge in [0, 0.05) is 24.3 Å². The minimum Gasteiger partial charge on any atom is -0.457 e. The zero-order chi connectivity index (χ0) is 23.2. The lowest BCUT2D eigenvalue weighted by Gasteiger charge is -2.11. The van der Waals surface area contributed by atoms with Gasteiger partial charge in [0.15, 0.2) is 0 Å². The number of hydrogen-bond acceptors (Lipinski definition) is 6. The van der Waals surface area contributed by atoms with E-state index in [1.807, 2.05) is 107 Å². The Balaban J connectivity index is 1.25. The van der Waals surface area contributed by atoms with Gasteiger partial charge in [-0.15, -0.1) is 10.2 Å². The van der Waals surface area contributed by atoms with E-state index in [1.54, 1.807) is 6.20 Å². The van der Waals surface area contributed by atoms with Crippen molar-refractivity contribution in [2.75, 3.05) is 11.1 Å². The summed E-state index contributed by atoms with van der Waals surface area (Å²) in [5.41, 5.74) is 1.38. The fourth-order valence-corrected chi connectivity index (χ4v) is 3.97. The smallest absolute Gasteiger partial charge is 0.234 e. The standard InChI is InChI=1S/C25H20N6O2S/c32-23(27-19-11-13-21(14-12-19)33-20-8-2-1-3-9-20)18-34-25-29-28-24(22-10-4-5-15-26-22)31(25)30-16-6-7-17-30/h1-17H,18H2,(H,27,32). The number of rotatable bonds is 8. The van der Waals surface area contributed by atoms with Gasteiger partial charge in [0.05, 0.1) is 5.75 Å². The summed E-state index contributed by atoms with van der Waals surface area (Å²) in [5.74, 6) is 2.06. The summed E-state index contributed by atoms with van der Waals surface area (Å²) >= 11 is 1.30. The molecule has 168 valence electrons. The molecular formula is C25H20N6O2S. The highest BCUT2D eigenvalue weighted by molar-refractivity contribution is 7.99. The van der Waals surface area contributed by atoms with Gasteiger partial charge >= 0.3 is 0 Å². The van der Waals surface area contributed by atoms with Crippen LogP contribution in [0.4, 0.5) is 5.69 Å². The summed E-state index contributed by atoms with van der Waals surface area (Å²) in [6.07, 6.45) is 5.48. The molecule has 0 fully saturated rings. The second-order valence-corrected chi connectivity index (χ2v) is 8.11. The zero-order valence-corrected chi connectivity index (χ0v) is 18.8. The van der Waals surface area contributed by atoms with Crippen LogP contribution in [0.25, 0.3) is 11.5 Å². The molecule has 2 aromatic carbocycles. The molecule has 0 saturated heterocycles. The minimum absolute atomic E-state index is 0.150. The van der Waals surface area contributed by atoms with Crippen LogP contribution < -0.4 is 10.1 Å². The highest BCUT2D eigenvalue weighted by Gasteiger charge is 2.17. The summed E-state index contributed by atoms with van der Waals surface area (Å²) in [6, 6.07) is 26.2. The van der Waals surface area contributed by atoms with E-state index in [0.717, 1.165) is 5.75 Å². The monoisotopic (exact) mass is 468 g/mol. The van der Waals surface area contributed by atoms with Gasteiger partial charge in [-0.2, -0.15) is 0 Å². The van der Waals surface area contributed by atoms with Gasteiger partial charge < -0.3 is 10.1 Å². The molecule has 0 atom stereocenters.